The first-order valence-electron chi connectivity index (χ1n) is 15.8. The lowest BCUT2D eigenvalue weighted by Gasteiger charge is -2.34. The molecular weight excluding hydrogens is 704 g/mol. The van der Waals surface area contributed by atoms with Crippen LogP contribution in [0.15, 0.2) is 78.0 Å². The summed E-state index contributed by atoms with van der Waals surface area (Å²) in [6.07, 6.45) is 1.19. The number of aromatic nitrogens is 5. The summed E-state index contributed by atoms with van der Waals surface area (Å²) < 4.78 is 61.1. The van der Waals surface area contributed by atoms with Gasteiger partial charge in [0.05, 0.1) is 28.2 Å². The van der Waals surface area contributed by atoms with Crippen LogP contribution < -0.4 is 10.0 Å². The number of pyridine rings is 1. The van der Waals surface area contributed by atoms with Crippen LogP contribution in [-0.4, -0.2) is 93.3 Å². The molecule has 0 spiro atoms. The maximum absolute atomic E-state index is 15.9. The van der Waals surface area contributed by atoms with E-state index in [-0.39, 0.29) is 50.8 Å². The molecule has 0 radical (unpaired) electrons. The molecule has 0 atom stereocenters. The van der Waals surface area contributed by atoms with Gasteiger partial charge in [0.25, 0.3) is 15.9 Å². The number of nitrogens with one attached hydrogen (secondary N) is 2. The molecule has 1 amide bonds. The Bertz CT molecular complexity index is 2420. The summed E-state index contributed by atoms with van der Waals surface area (Å²) >= 11 is 6.10. The summed E-state index contributed by atoms with van der Waals surface area (Å²) in [5.41, 5.74) is 0.371. The SMILES string of the molecule is Cc1c(Cl)cccc1S(=O)(=O)Nc1ccc(F)c(Nc2ncnc3ccc(-n4nc(C(=O)N5CCN(CCO)CC5)c5ccccc54)nc23)c1F. The first-order valence-corrected chi connectivity index (χ1v) is 17.7. The van der Waals surface area contributed by atoms with Crippen molar-refractivity contribution in [3.63, 3.8) is 0 Å². The zero-order valence-electron chi connectivity index (χ0n) is 27.0. The molecule has 4 heterocycles. The van der Waals surface area contributed by atoms with Crippen LogP contribution in [0.3, 0.4) is 0 Å². The highest BCUT2D eigenvalue weighted by atomic mass is 35.5. The van der Waals surface area contributed by atoms with Crippen LogP contribution in [0.1, 0.15) is 16.1 Å². The Labute approximate surface area is 295 Å². The summed E-state index contributed by atoms with van der Waals surface area (Å²) in [6, 6.07) is 16.7. The number of aliphatic hydroxyl groups is 1. The minimum absolute atomic E-state index is 0.0480. The average Bonchev–Trinajstić information content (AvgIpc) is 3.52. The van der Waals surface area contributed by atoms with Crippen molar-refractivity contribution >= 4 is 66.7 Å². The molecule has 6 aromatic rings. The van der Waals surface area contributed by atoms with E-state index in [1.807, 2.05) is 6.07 Å². The average molecular weight is 734 g/mol. The standard InChI is InChI=1S/C34H30ClF2N9O4S/c1-20-22(35)6-4-8-27(20)51(49,50)43-24-10-9-23(36)31(29(24)37)41-33-32-25(38-19-39-33)11-12-28(40-32)46-26-7-3-2-5-21(26)30(42-46)34(48)45-15-13-44(14-16-45)17-18-47/h2-12,19,43,47H,13-18H2,1H3,(H,38,39,41). The molecule has 17 heteroatoms. The molecular formula is C34H30ClF2N9O4S. The maximum atomic E-state index is 15.9. The van der Waals surface area contributed by atoms with Gasteiger partial charge in [0.15, 0.2) is 23.1 Å². The number of carbonyl (C=O) groups excluding carboxylic acids is 1. The van der Waals surface area contributed by atoms with Crippen molar-refractivity contribution in [1.29, 1.82) is 0 Å². The highest BCUT2D eigenvalue weighted by Crippen LogP contribution is 2.33. The number of para-hydroxylation sites is 1. The van der Waals surface area contributed by atoms with Gasteiger partial charge in [-0.3, -0.25) is 14.4 Å². The molecule has 0 saturated carbocycles. The number of anilines is 3. The van der Waals surface area contributed by atoms with Crippen LogP contribution in [0, 0.1) is 18.6 Å². The van der Waals surface area contributed by atoms with Gasteiger partial charge in [-0.05, 0) is 55.0 Å². The number of piperazine rings is 1. The molecule has 0 bridgehead atoms. The van der Waals surface area contributed by atoms with Crippen molar-refractivity contribution in [2.45, 2.75) is 11.8 Å². The number of hydrogen-bond donors (Lipinski definition) is 3. The molecule has 1 aliphatic rings. The minimum atomic E-state index is -4.31. The van der Waals surface area contributed by atoms with E-state index < -0.39 is 33.0 Å². The van der Waals surface area contributed by atoms with Crippen molar-refractivity contribution in [2.24, 2.45) is 0 Å². The summed E-state index contributed by atoms with van der Waals surface area (Å²) in [4.78, 5) is 30.5. The lowest BCUT2D eigenvalue weighted by molar-refractivity contribution is 0.0610. The van der Waals surface area contributed by atoms with E-state index in [0.29, 0.717) is 49.1 Å². The Morgan fingerprint density at radius 2 is 1.76 bits per heavy atom. The molecule has 0 unspecified atom stereocenters. The lowest BCUT2D eigenvalue weighted by atomic mass is 10.2. The van der Waals surface area contributed by atoms with E-state index in [4.69, 9.17) is 16.6 Å². The molecule has 3 aromatic heterocycles. The number of hydrogen-bond acceptors (Lipinski definition) is 10. The number of carbonyl (C=O) groups is 1. The molecule has 3 aromatic carbocycles. The van der Waals surface area contributed by atoms with E-state index in [1.54, 1.807) is 35.2 Å². The van der Waals surface area contributed by atoms with E-state index >= 15 is 8.78 Å². The number of amides is 1. The Kier molecular flexibility index (Phi) is 9.24. The molecule has 7 rings (SSSR count). The van der Waals surface area contributed by atoms with Crippen LogP contribution in [0.5, 0.6) is 0 Å². The molecule has 262 valence electrons. The number of β-amino-alcohol motifs (C(OH)–C–C–N with tert-alkyl or cyclic N) is 1. The van der Waals surface area contributed by atoms with E-state index in [0.717, 1.165) is 12.1 Å². The number of halogens is 3. The predicted octanol–water partition coefficient (Wildman–Crippen LogP) is 4.90. The van der Waals surface area contributed by atoms with Gasteiger partial charge >= 0.3 is 0 Å². The first kappa shape index (κ1) is 34.2. The second-order valence-corrected chi connectivity index (χ2v) is 13.8. The number of fused-ring (bicyclic) bond motifs is 2. The Morgan fingerprint density at radius 3 is 2.55 bits per heavy atom. The fraction of sp³-hybridized carbons (Fsp3) is 0.206. The smallest absolute Gasteiger partial charge is 0.275 e. The molecule has 13 nitrogen and oxygen atoms in total. The second kappa shape index (κ2) is 13.8. The second-order valence-electron chi connectivity index (χ2n) is 11.8. The normalized spacial score (nSPS) is 13.9. The third-order valence-corrected chi connectivity index (χ3v) is 10.6. The largest absolute Gasteiger partial charge is 0.395 e. The number of benzene rings is 3. The quantitative estimate of drug-likeness (QED) is 0.187. The fourth-order valence-corrected chi connectivity index (χ4v) is 7.51. The van der Waals surface area contributed by atoms with E-state index in [1.165, 1.54) is 36.1 Å². The number of sulfonamides is 1. The third kappa shape index (κ3) is 6.54. The van der Waals surface area contributed by atoms with Gasteiger partial charge in [0, 0.05) is 43.1 Å². The third-order valence-electron chi connectivity index (χ3n) is 8.64. The van der Waals surface area contributed by atoms with Gasteiger partial charge < -0.3 is 15.3 Å². The van der Waals surface area contributed by atoms with Crippen molar-refractivity contribution < 1.29 is 27.1 Å². The molecule has 1 saturated heterocycles. The number of nitrogens with zero attached hydrogens (tertiary/aromatic N) is 7. The first-order chi connectivity index (χ1) is 24.6. The van der Waals surface area contributed by atoms with Gasteiger partial charge in [0.1, 0.15) is 23.3 Å². The number of rotatable bonds is 9. The highest BCUT2D eigenvalue weighted by molar-refractivity contribution is 7.92. The molecule has 51 heavy (non-hydrogen) atoms. The monoisotopic (exact) mass is 733 g/mol. The number of aliphatic hydroxyl groups excluding tert-OH is 1. The van der Waals surface area contributed by atoms with Crippen LogP contribution in [0.4, 0.5) is 26.0 Å². The summed E-state index contributed by atoms with van der Waals surface area (Å²) in [5.74, 6) is -2.27. The summed E-state index contributed by atoms with van der Waals surface area (Å²) in [5, 5.41) is 17.4. The molecule has 1 aliphatic heterocycles. The summed E-state index contributed by atoms with van der Waals surface area (Å²) in [6.45, 7) is 4.33. The van der Waals surface area contributed by atoms with Crippen molar-refractivity contribution in [2.75, 3.05) is 49.4 Å². The zero-order chi connectivity index (χ0) is 35.9. The predicted molar refractivity (Wildman–Crippen MR) is 188 cm³/mol. The lowest BCUT2D eigenvalue weighted by Crippen LogP contribution is -2.49. The van der Waals surface area contributed by atoms with Crippen LogP contribution in [0.25, 0.3) is 27.8 Å². The van der Waals surface area contributed by atoms with Gasteiger partial charge in [-0.25, -0.2) is 36.8 Å². The Morgan fingerprint density at radius 1 is 0.980 bits per heavy atom. The molecule has 3 N–H and O–H groups in total. The van der Waals surface area contributed by atoms with Crippen molar-refractivity contribution in [3.05, 3.63) is 101 Å². The van der Waals surface area contributed by atoms with Gasteiger partial charge in [-0.1, -0.05) is 35.9 Å². The van der Waals surface area contributed by atoms with E-state index in [9.17, 15) is 18.3 Å². The van der Waals surface area contributed by atoms with Crippen LogP contribution in [0.2, 0.25) is 5.02 Å². The van der Waals surface area contributed by atoms with Crippen LogP contribution in [-0.2, 0) is 10.0 Å². The van der Waals surface area contributed by atoms with Crippen molar-refractivity contribution in [3.8, 4) is 5.82 Å². The molecule has 0 aliphatic carbocycles. The molecule has 1 fully saturated rings. The Balaban J connectivity index is 1.23. The maximum Gasteiger partial charge on any atom is 0.275 e. The Hall–Kier alpha value is -5.29. The summed E-state index contributed by atoms with van der Waals surface area (Å²) in [7, 11) is -4.31. The van der Waals surface area contributed by atoms with E-state index in [2.05, 4.69) is 30.0 Å². The highest BCUT2D eigenvalue weighted by Gasteiger charge is 2.27. The van der Waals surface area contributed by atoms with Crippen molar-refractivity contribution in [1.82, 2.24) is 34.5 Å². The topological polar surface area (TPSA) is 158 Å². The van der Waals surface area contributed by atoms with Gasteiger partial charge in [-0.15, -0.1) is 0 Å². The minimum Gasteiger partial charge on any atom is -0.395 e. The van der Waals surface area contributed by atoms with Gasteiger partial charge in [-0.2, -0.15) is 5.10 Å². The van der Waals surface area contributed by atoms with Crippen LogP contribution >= 0.6 is 11.6 Å². The van der Waals surface area contributed by atoms with Gasteiger partial charge in [0.2, 0.25) is 0 Å². The zero-order valence-corrected chi connectivity index (χ0v) is 28.6. The fourth-order valence-electron chi connectivity index (χ4n) is 5.95.